The maximum atomic E-state index is 5.72. The molecule has 1 aromatic carbocycles. The van der Waals surface area contributed by atoms with E-state index in [4.69, 9.17) is 4.74 Å². The zero-order valence-electron chi connectivity index (χ0n) is 12.6. The van der Waals surface area contributed by atoms with Gasteiger partial charge >= 0.3 is 0 Å². The molecule has 0 saturated heterocycles. The summed E-state index contributed by atoms with van der Waals surface area (Å²) < 4.78 is 5.72. The van der Waals surface area contributed by atoms with Crippen molar-refractivity contribution in [2.45, 2.75) is 51.6 Å². The van der Waals surface area contributed by atoms with Crippen molar-refractivity contribution >= 4 is 0 Å². The number of hydrogen-bond donors (Lipinski definition) is 1. The Morgan fingerprint density at radius 3 is 2.90 bits per heavy atom. The second-order valence-electron chi connectivity index (χ2n) is 5.65. The molecule has 0 amide bonds. The lowest BCUT2D eigenvalue weighted by molar-refractivity contribution is 0.253. The van der Waals surface area contributed by atoms with Crippen molar-refractivity contribution in [1.29, 1.82) is 0 Å². The van der Waals surface area contributed by atoms with Crippen LogP contribution in [0.4, 0.5) is 0 Å². The summed E-state index contributed by atoms with van der Waals surface area (Å²) in [6.45, 7) is 7.48. The van der Waals surface area contributed by atoms with Crippen LogP contribution in [-0.2, 0) is 6.54 Å². The molecule has 0 spiro atoms. The van der Waals surface area contributed by atoms with E-state index in [1.165, 1.54) is 37.7 Å². The number of nitrogens with one attached hydrogen (secondary N) is 1. The molecule has 0 heterocycles. The van der Waals surface area contributed by atoms with Crippen LogP contribution in [-0.4, -0.2) is 12.6 Å². The molecular formula is C18H27NO. The van der Waals surface area contributed by atoms with E-state index in [2.05, 4.69) is 31.0 Å². The first-order chi connectivity index (χ1) is 9.85. The van der Waals surface area contributed by atoms with E-state index in [0.29, 0.717) is 12.6 Å². The molecule has 2 nitrogen and oxygen atoms in total. The van der Waals surface area contributed by atoms with Gasteiger partial charge in [0.2, 0.25) is 0 Å². The van der Waals surface area contributed by atoms with Gasteiger partial charge in [-0.05, 0) is 24.8 Å². The van der Waals surface area contributed by atoms with Crippen molar-refractivity contribution in [3.05, 3.63) is 42.5 Å². The Hall–Kier alpha value is -1.28. The Balaban J connectivity index is 1.93. The highest BCUT2D eigenvalue weighted by Crippen LogP contribution is 2.27. The van der Waals surface area contributed by atoms with Crippen LogP contribution in [0.2, 0.25) is 0 Å². The molecule has 1 fully saturated rings. The molecule has 2 heteroatoms. The van der Waals surface area contributed by atoms with Gasteiger partial charge in [0, 0.05) is 18.2 Å². The van der Waals surface area contributed by atoms with Crippen LogP contribution < -0.4 is 10.1 Å². The van der Waals surface area contributed by atoms with Crippen LogP contribution in [0.1, 0.15) is 44.6 Å². The summed E-state index contributed by atoms with van der Waals surface area (Å²) in [5, 5.41) is 3.75. The number of rotatable bonds is 7. The predicted molar refractivity (Wildman–Crippen MR) is 85.0 cm³/mol. The number of hydrogen-bond acceptors (Lipinski definition) is 2. The maximum Gasteiger partial charge on any atom is 0.124 e. The van der Waals surface area contributed by atoms with E-state index in [0.717, 1.165) is 18.2 Å². The summed E-state index contributed by atoms with van der Waals surface area (Å²) in [6.07, 6.45) is 8.53. The molecule has 2 atom stereocenters. The molecule has 2 unspecified atom stereocenters. The molecule has 1 aliphatic carbocycles. The topological polar surface area (TPSA) is 21.3 Å². The molecule has 1 aromatic rings. The quantitative estimate of drug-likeness (QED) is 0.747. The summed E-state index contributed by atoms with van der Waals surface area (Å²) in [5.41, 5.74) is 1.25. The lowest BCUT2D eigenvalue weighted by Crippen LogP contribution is -2.37. The zero-order valence-corrected chi connectivity index (χ0v) is 12.6. The molecule has 20 heavy (non-hydrogen) atoms. The van der Waals surface area contributed by atoms with Gasteiger partial charge in [-0.3, -0.25) is 0 Å². The second-order valence-corrected chi connectivity index (χ2v) is 5.65. The van der Waals surface area contributed by atoms with Gasteiger partial charge in [0.25, 0.3) is 0 Å². The van der Waals surface area contributed by atoms with Crippen LogP contribution in [0.5, 0.6) is 5.75 Å². The fourth-order valence-electron chi connectivity index (χ4n) is 3.15. The molecule has 0 aliphatic heterocycles. The fourth-order valence-corrected chi connectivity index (χ4v) is 3.15. The van der Waals surface area contributed by atoms with Gasteiger partial charge in [-0.2, -0.15) is 0 Å². The highest BCUT2D eigenvalue weighted by atomic mass is 16.5. The molecule has 0 bridgehead atoms. The van der Waals surface area contributed by atoms with Gasteiger partial charge in [-0.1, -0.05) is 57.0 Å². The second kappa shape index (κ2) is 8.11. The molecule has 110 valence electrons. The van der Waals surface area contributed by atoms with Crippen LogP contribution in [0.3, 0.4) is 0 Å². The lowest BCUT2D eigenvalue weighted by atomic mass is 9.83. The van der Waals surface area contributed by atoms with Crippen LogP contribution >= 0.6 is 0 Å². The Labute approximate surface area is 123 Å². The van der Waals surface area contributed by atoms with E-state index in [-0.39, 0.29) is 0 Å². The minimum Gasteiger partial charge on any atom is -0.489 e. The van der Waals surface area contributed by atoms with E-state index in [9.17, 15) is 0 Å². The average Bonchev–Trinajstić information content (AvgIpc) is 2.52. The molecule has 0 aromatic heterocycles. The average molecular weight is 273 g/mol. The van der Waals surface area contributed by atoms with Gasteiger partial charge < -0.3 is 10.1 Å². The van der Waals surface area contributed by atoms with Crippen LogP contribution in [0.25, 0.3) is 0 Å². The third-order valence-corrected chi connectivity index (χ3v) is 4.32. The predicted octanol–water partition coefficient (Wildman–Crippen LogP) is 4.31. The first kappa shape index (κ1) is 15.1. The molecule has 1 aliphatic rings. The Morgan fingerprint density at radius 2 is 2.10 bits per heavy atom. The van der Waals surface area contributed by atoms with Gasteiger partial charge in [0.15, 0.2) is 0 Å². The van der Waals surface area contributed by atoms with Crippen molar-refractivity contribution in [2.75, 3.05) is 6.61 Å². The first-order valence-electron chi connectivity index (χ1n) is 7.90. The smallest absolute Gasteiger partial charge is 0.124 e. The highest BCUT2D eigenvalue weighted by Gasteiger charge is 2.23. The normalized spacial score (nSPS) is 22.4. The molecule has 1 N–H and O–H groups in total. The van der Waals surface area contributed by atoms with Gasteiger partial charge in [0.1, 0.15) is 12.4 Å². The summed E-state index contributed by atoms with van der Waals surface area (Å²) in [6, 6.07) is 8.96. The van der Waals surface area contributed by atoms with Crippen LogP contribution in [0.15, 0.2) is 36.9 Å². The van der Waals surface area contributed by atoms with Crippen LogP contribution in [0, 0.1) is 5.92 Å². The van der Waals surface area contributed by atoms with Crippen molar-refractivity contribution in [1.82, 2.24) is 5.32 Å². The van der Waals surface area contributed by atoms with E-state index in [1.807, 2.05) is 12.1 Å². The van der Waals surface area contributed by atoms with Gasteiger partial charge in [-0.15, -0.1) is 0 Å². The standard InChI is InChI=1S/C18H27NO/c1-3-13-20-18-12-8-6-10-16(18)14-19-17-11-7-5-9-15(17)4-2/h3,6,8,10,12,15,17,19H,1,4-5,7,9,11,13-14H2,2H3. The SMILES string of the molecule is C=CCOc1ccccc1CNC1CCCCC1CC. The summed E-state index contributed by atoms with van der Waals surface area (Å²) in [5.74, 6) is 1.81. The van der Waals surface area contributed by atoms with E-state index < -0.39 is 0 Å². The van der Waals surface area contributed by atoms with Crippen molar-refractivity contribution in [3.63, 3.8) is 0 Å². The number of para-hydroxylation sites is 1. The van der Waals surface area contributed by atoms with Crippen molar-refractivity contribution in [2.24, 2.45) is 5.92 Å². The summed E-state index contributed by atoms with van der Waals surface area (Å²) in [4.78, 5) is 0. The molecule has 2 rings (SSSR count). The largest absolute Gasteiger partial charge is 0.489 e. The van der Waals surface area contributed by atoms with E-state index in [1.54, 1.807) is 6.08 Å². The lowest BCUT2D eigenvalue weighted by Gasteiger charge is -2.32. The van der Waals surface area contributed by atoms with Gasteiger partial charge in [-0.25, -0.2) is 0 Å². The summed E-state index contributed by atoms with van der Waals surface area (Å²) in [7, 11) is 0. The van der Waals surface area contributed by atoms with Crippen molar-refractivity contribution in [3.8, 4) is 5.75 Å². The number of benzene rings is 1. The Bertz CT molecular complexity index is 416. The zero-order chi connectivity index (χ0) is 14.2. The third kappa shape index (κ3) is 4.11. The highest BCUT2D eigenvalue weighted by molar-refractivity contribution is 5.33. The van der Waals surface area contributed by atoms with Crippen molar-refractivity contribution < 1.29 is 4.74 Å². The van der Waals surface area contributed by atoms with E-state index >= 15 is 0 Å². The Morgan fingerprint density at radius 1 is 1.30 bits per heavy atom. The first-order valence-corrected chi connectivity index (χ1v) is 7.90. The molecule has 0 radical (unpaired) electrons. The molecule has 1 saturated carbocycles. The minimum absolute atomic E-state index is 0.567. The minimum atomic E-state index is 0.567. The summed E-state index contributed by atoms with van der Waals surface area (Å²) >= 11 is 0. The maximum absolute atomic E-state index is 5.72. The number of ether oxygens (including phenoxy) is 1. The fraction of sp³-hybridized carbons (Fsp3) is 0.556. The monoisotopic (exact) mass is 273 g/mol. The molecular weight excluding hydrogens is 246 g/mol. The van der Waals surface area contributed by atoms with Gasteiger partial charge in [0.05, 0.1) is 0 Å². The third-order valence-electron chi connectivity index (χ3n) is 4.32. The Kier molecular flexibility index (Phi) is 6.13.